The van der Waals surface area contributed by atoms with Crippen molar-refractivity contribution in [2.45, 2.75) is 33.2 Å². The molecule has 0 aromatic heterocycles. The zero-order chi connectivity index (χ0) is 12.3. The summed E-state index contributed by atoms with van der Waals surface area (Å²) >= 11 is 0. The van der Waals surface area contributed by atoms with Crippen LogP contribution in [0.25, 0.3) is 0 Å². The van der Waals surface area contributed by atoms with E-state index in [0.29, 0.717) is 6.42 Å². The molecule has 3 heteroatoms. The van der Waals surface area contributed by atoms with Crippen LogP contribution < -0.4 is 10.5 Å². The summed E-state index contributed by atoms with van der Waals surface area (Å²) in [6, 6.07) is 3.74. The molecule has 0 aliphatic heterocycles. The van der Waals surface area contributed by atoms with Crippen molar-refractivity contribution < 1.29 is 9.53 Å². The molecule has 1 aromatic carbocycles. The molecule has 1 unspecified atom stereocenters. The van der Waals surface area contributed by atoms with E-state index in [-0.39, 0.29) is 11.8 Å². The molecule has 1 aromatic rings. The topological polar surface area (TPSA) is 52.3 Å². The minimum Gasteiger partial charge on any atom is -0.496 e. The highest BCUT2D eigenvalue weighted by molar-refractivity contribution is 5.76. The van der Waals surface area contributed by atoms with Gasteiger partial charge in [0.25, 0.3) is 0 Å². The predicted molar refractivity (Wildman–Crippen MR) is 64.7 cm³/mol. The molecular weight excluding hydrogens is 202 g/mol. The largest absolute Gasteiger partial charge is 0.496 e. The second-order valence-corrected chi connectivity index (χ2v) is 4.19. The van der Waals surface area contributed by atoms with Crippen molar-refractivity contribution in [3.8, 4) is 5.75 Å². The Labute approximate surface area is 96.6 Å². The molecule has 0 heterocycles. The van der Waals surface area contributed by atoms with Gasteiger partial charge in [-0.1, -0.05) is 6.07 Å². The average molecular weight is 221 g/mol. The van der Waals surface area contributed by atoms with Gasteiger partial charge in [-0.2, -0.15) is 0 Å². The van der Waals surface area contributed by atoms with Gasteiger partial charge in [-0.3, -0.25) is 4.79 Å². The molecule has 0 spiro atoms. The molecule has 88 valence electrons. The third-order valence-electron chi connectivity index (χ3n) is 2.69. The van der Waals surface area contributed by atoms with Crippen molar-refractivity contribution in [2.75, 3.05) is 7.11 Å². The molecule has 0 aliphatic carbocycles. The lowest BCUT2D eigenvalue weighted by Crippen LogP contribution is -2.15. The Kier molecular flexibility index (Phi) is 4.07. The van der Waals surface area contributed by atoms with Gasteiger partial charge in [-0.05, 0) is 43.5 Å². The number of carbonyl (C=O) groups is 1. The molecule has 1 atom stereocenters. The maximum absolute atomic E-state index is 11.0. The van der Waals surface area contributed by atoms with Gasteiger partial charge >= 0.3 is 0 Å². The second-order valence-electron chi connectivity index (χ2n) is 4.19. The van der Waals surface area contributed by atoms with Gasteiger partial charge in [0.15, 0.2) is 0 Å². The Morgan fingerprint density at radius 3 is 2.50 bits per heavy atom. The third kappa shape index (κ3) is 2.83. The van der Waals surface area contributed by atoms with E-state index in [2.05, 4.69) is 0 Å². The number of aryl methyl sites for hydroxylation is 2. The van der Waals surface area contributed by atoms with Gasteiger partial charge < -0.3 is 10.5 Å². The number of ether oxygens (including phenoxy) is 1. The van der Waals surface area contributed by atoms with Gasteiger partial charge in [-0.15, -0.1) is 0 Å². The number of benzene rings is 1. The molecule has 1 rings (SSSR count). The van der Waals surface area contributed by atoms with Crippen LogP contribution in [-0.4, -0.2) is 12.9 Å². The predicted octanol–water partition coefficient (Wildman–Crippen LogP) is 2.29. The maximum Gasteiger partial charge on any atom is 0.131 e. The standard InChI is InChI=1S/C13H19NO2/c1-8-6-13(16-4)9(2)5-11(8)12(14)7-10(3)15/h5-6,12H,7,14H2,1-4H3. The first-order valence-electron chi connectivity index (χ1n) is 5.36. The number of rotatable bonds is 4. The zero-order valence-electron chi connectivity index (χ0n) is 10.3. The molecule has 0 fully saturated rings. The maximum atomic E-state index is 11.0. The summed E-state index contributed by atoms with van der Waals surface area (Å²) in [5.74, 6) is 0.969. The lowest BCUT2D eigenvalue weighted by molar-refractivity contribution is -0.117. The lowest BCUT2D eigenvalue weighted by atomic mass is 9.96. The van der Waals surface area contributed by atoms with E-state index in [1.165, 1.54) is 0 Å². The first kappa shape index (κ1) is 12.7. The van der Waals surface area contributed by atoms with Crippen molar-refractivity contribution in [3.05, 3.63) is 28.8 Å². The van der Waals surface area contributed by atoms with Crippen LogP contribution in [0, 0.1) is 13.8 Å². The third-order valence-corrected chi connectivity index (χ3v) is 2.69. The summed E-state index contributed by atoms with van der Waals surface area (Å²) in [5.41, 5.74) is 9.13. The monoisotopic (exact) mass is 221 g/mol. The van der Waals surface area contributed by atoms with E-state index in [9.17, 15) is 4.79 Å². The minimum atomic E-state index is -0.220. The fourth-order valence-corrected chi connectivity index (χ4v) is 1.85. The second kappa shape index (κ2) is 5.12. The molecule has 16 heavy (non-hydrogen) atoms. The molecule has 0 aliphatic rings. The summed E-state index contributed by atoms with van der Waals surface area (Å²) < 4.78 is 5.23. The Morgan fingerprint density at radius 2 is 2.00 bits per heavy atom. The normalized spacial score (nSPS) is 12.3. The number of Topliss-reactive ketones (excluding diaryl/α,β-unsaturated/α-hetero) is 1. The van der Waals surface area contributed by atoms with Crippen molar-refractivity contribution in [2.24, 2.45) is 5.73 Å². The highest BCUT2D eigenvalue weighted by atomic mass is 16.5. The molecule has 2 N–H and O–H groups in total. The fraction of sp³-hybridized carbons (Fsp3) is 0.462. The van der Waals surface area contributed by atoms with E-state index >= 15 is 0 Å². The summed E-state index contributed by atoms with van der Waals surface area (Å²) in [6.07, 6.45) is 0.382. The van der Waals surface area contributed by atoms with Gasteiger partial charge in [-0.25, -0.2) is 0 Å². The molecule has 0 saturated heterocycles. The van der Waals surface area contributed by atoms with E-state index in [1.54, 1.807) is 14.0 Å². The fourth-order valence-electron chi connectivity index (χ4n) is 1.85. The van der Waals surface area contributed by atoms with Crippen LogP contribution >= 0.6 is 0 Å². The summed E-state index contributed by atoms with van der Waals surface area (Å²) in [4.78, 5) is 11.0. The number of carbonyl (C=O) groups excluding carboxylic acids is 1. The van der Waals surface area contributed by atoms with Crippen LogP contribution in [0.5, 0.6) is 5.75 Å². The van der Waals surface area contributed by atoms with Gasteiger partial charge in [0.1, 0.15) is 11.5 Å². The summed E-state index contributed by atoms with van der Waals surface area (Å²) in [5, 5.41) is 0. The first-order valence-corrected chi connectivity index (χ1v) is 5.36. The van der Waals surface area contributed by atoms with Crippen molar-refractivity contribution >= 4 is 5.78 Å². The van der Waals surface area contributed by atoms with Crippen LogP contribution in [0.4, 0.5) is 0 Å². The number of hydrogen-bond acceptors (Lipinski definition) is 3. The first-order chi connectivity index (χ1) is 7.45. The van der Waals surface area contributed by atoms with Crippen molar-refractivity contribution in [1.82, 2.24) is 0 Å². The molecular formula is C13H19NO2. The van der Waals surface area contributed by atoms with Crippen LogP contribution in [0.15, 0.2) is 12.1 Å². The van der Waals surface area contributed by atoms with Crippen LogP contribution in [-0.2, 0) is 4.79 Å². The SMILES string of the molecule is COc1cc(C)c(C(N)CC(C)=O)cc1C. The Morgan fingerprint density at radius 1 is 1.38 bits per heavy atom. The summed E-state index contributed by atoms with van der Waals surface area (Å²) in [6.45, 7) is 5.52. The van der Waals surface area contributed by atoms with Crippen LogP contribution in [0.1, 0.15) is 36.1 Å². The molecule has 3 nitrogen and oxygen atoms in total. The minimum absolute atomic E-state index is 0.111. The average Bonchev–Trinajstić information content (AvgIpc) is 2.19. The van der Waals surface area contributed by atoms with E-state index in [1.807, 2.05) is 26.0 Å². The van der Waals surface area contributed by atoms with Gasteiger partial charge in [0, 0.05) is 12.5 Å². The number of hydrogen-bond donors (Lipinski definition) is 1. The molecule has 0 saturated carbocycles. The Bertz CT molecular complexity index is 399. The molecule has 0 amide bonds. The molecule has 0 radical (unpaired) electrons. The highest BCUT2D eigenvalue weighted by Crippen LogP contribution is 2.26. The van der Waals surface area contributed by atoms with E-state index in [4.69, 9.17) is 10.5 Å². The van der Waals surface area contributed by atoms with Crippen molar-refractivity contribution in [1.29, 1.82) is 0 Å². The Balaban J connectivity index is 3.05. The highest BCUT2D eigenvalue weighted by Gasteiger charge is 2.13. The van der Waals surface area contributed by atoms with Crippen molar-refractivity contribution in [3.63, 3.8) is 0 Å². The van der Waals surface area contributed by atoms with Gasteiger partial charge in [0.2, 0.25) is 0 Å². The van der Waals surface area contributed by atoms with Crippen LogP contribution in [0.3, 0.4) is 0 Å². The Hall–Kier alpha value is -1.35. The van der Waals surface area contributed by atoms with Gasteiger partial charge in [0.05, 0.1) is 7.11 Å². The number of methoxy groups -OCH3 is 1. The number of ketones is 1. The quantitative estimate of drug-likeness (QED) is 0.848. The molecule has 0 bridgehead atoms. The van der Waals surface area contributed by atoms with E-state index in [0.717, 1.165) is 22.4 Å². The van der Waals surface area contributed by atoms with E-state index < -0.39 is 0 Å². The lowest BCUT2D eigenvalue weighted by Gasteiger charge is -2.16. The smallest absolute Gasteiger partial charge is 0.131 e. The zero-order valence-corrected chi connectivity index (χ0v) is 10.3. The number of nitrogens with two attached hydrogens (primary N) is 1. The van der Waals surface area contributed by atoms with Crippen LogP contribution in [0.2, 0.25) is 0 Å². The summed E-state index contributed by atoms with van der Waals surface area (Å²) in [7, 11) is 1.65.